The van der Waals surface area contributed by atoms with E-state index in [1.54, 1.807) is 19.0 Å². The molecule has 1 saturated carbocycles. The molecule has 0 radical (unpaired) electrons. The van der Waals surface area contributed by atoms with Crippen LogP contribution in [0.1, 0.15) is 52.9 Å². The number of urea groups is 1. The number of amides is 2. The molecule has 2 aliphatic rings. The quantitative estimate of drug-likeness (QED) is 0.837. The number of likely N-dealkylation sites (tertiary alicyclic amines) is 1. The lowest BCUT2D eigenvalue weighted by atomic mass is 9.64. The van der Waals surface area contributed by atoms with Gasteiger partial charge < -0.3 is 20.2 Å². The molecular weight excluding hydrogens is 290 g/mol. The Bertz CT molecular complexity index is 416. The Morgan fingerprint density at radius 1 is 1.26 bits per heavy atom. The van der Waals surface area contributed by atoms with Crippen LogP contribution in [0.5, 0.6) is 0 Å². The second-order valence-electron chi connectivity index (χ2n) is 8.88. The summed E-state index contributed by atoms with van der Waals surface area (Å²) in [6, 6.07) is 0.502. The fraction of sp³-hybridized carbons (Fsp3) is 0.944. The van der Waals surface area contributed by atoms with Crippen LogP contribution in [0.15, 0.2) is 0 Å². The standard InChI is InChI=1S/C18H35N3O2/c1-14-10-17(2,3)12-18(11-14,13-22)19-15-6-8-21(9-7-15)16(23)20(4)5/h14-15,19,22H,6-13H2,1-5H3. The molecule has 0 aromatic carbocycles. The van der Waals surface area contributed by atoms with Gasteiger partial charge in [0.25, 0.3) is 0 Å². The summed E-state index contributed by atoms with van der Waals surface area (Å²) in [4.78, 5) is 15.6. The molecule has 2 unspecified atom stereocenters. The molecule has 2 N–H and O–H groups in total. The third-order valence-electron chi connectivity index (χ3n) is 5.42. The van der Waals surface area contributed by atoms with E-state index < -0.39 is 0 Å². The number of nitrogens with one attached hydrogen (secondary N) is 1. The molecule has 2 rings (SSSR count). The van der Waals surface area contributed by atoms with Gasteiger partial charge in [-0.3, -0.25) is 0 Å². The van der Waals surface area contributed by atoms with E-state index in [1.807, 2.05) is 4.90 Å². The van der Waals surface area contributed by atoms with Gasteiger partial charge in [-0.05, 0) is 43.4 Å². The van der Waals surface area contributed by atoms with Gasteiger partial charge in [0.05, 0.1) is 6.61 Å². The minimum atomic E-state index is -0.153. The van der Waals surface area contributed by atoms with Gasteiger partial charge in [0.2, 0.25) is 0 Å². The van der Waals surface area contributed by atoms with E-state index >= 15 is 0 Å². The maximum atomic E-state index is 12.0. The van der Waals surface area contributed by atoms with Gasteiger partial charge in [-0.15, -0.1) is 0 Å². The fourth-order valence-corrected chi connectivity index (χ4v) is 4.95. The van der Waals surface area contributed by atoms with Gasteiger partial charge in [-0.1, -0.05) is 20.8 Å². The Morgan fingerprint density at radius 2 is 1.87 bits per heavy atom. The zero-order valence-electron chi connectivity index (χ0n) is 15.6. The van der Waals surface area contributed by atoms with Gasteiger partial charge in [-0.25, -0.2) is 4.79 Å². The molecule has 5 heteroatoms. The fourth-order valence-electron chi connectivity index (χ4n) is 4.95. The van der Waals surface area contributed by atoms with Crippen LogP contribution in [0.25, 0.3) is 0 Å². The third kappa shape index (κ3) is 4.60. The lowest BCUT2D eigenvalue weighted by Crippen LogP contribution is -2.60. The van der Waals surface area contributed by atoms with Gasteiger partial charge in [0.1, 0.15) is 0 Å². The predicted molar refractivity (Wildman–Crippen MR) is 93.4 cm³/mol. The normalized spacial score (nSPS) is 31.9. The zero-order chi connectivity index (χ0) is 17.3. The molecule has 0 spiro atoms. The first-order valence-corrected chi connectivity index (χ1v) is 9.01. The molecule has 2 amide bonds. The summed E-state index contributed by atoms with van der Waals surface area (Å²) in [5, 5.41) is 13.9. The first-order valence-electron chi connectivity index (χ1n) is 9.01. The van der Waals surface area contributed by atoms with E-state index in [2.05, 4.69) is 26.1 Å². The van der Waals surface area contributed by atoms with Crippen LogP contribution in [0, 0.1) is 11.3 Å². The van der Waals surface area contributed by atoms with E-state index in [4.69, 9.17) is 0 Å². The van der Waals surface area contributed by atoms with Gasteiger partial charge in [0, 0.05) is 38.8 Å². The summed E-state index contributed by atoms with van der Waals surface area (Å²) in [5.41, 5.74) is 0.120. The topological polar surface area (TPSA) is 55.8 Å². The molecule has 2 fully saturated rings. The van der Waals surface area contributed by atoms with Gasteiger partial charge in [-0.2, -0.15) is 0 Å². The SMILES string of the molecule is CC1CC(C)(C)CC(CO)(NC2CCN(C(=O)N(C)C)CC2)C1. The Balaban J connectivity index is 1.95. The summed E-state index contributed by atoms with van der Waals surface area (Å²) in [5.74, 6) is 0.633. The molecule has 1 aliphatic heterocycles. The summed E-state index contributed by atoms with van der Waals surface area (Å²) in [7, 11) is 3.61. The monoisotopic (exact) mass is 325 g/mol. The summed E-state index contributed by atoms with van der Waals surface area (Å²) >= 11 is 0. The molecule has 2 atom stereocenters. The van der Waals surface area contributed by atoms with Crippen molar-refractivity contribution in [1.29, 1.82) is 0 Å². The summed E-state index contributed by atoms with van der Waals surface area (Å²) in [6.45, 7) is 8.73. The zero-order valence-corrected chi connectivity index (χ0v) is 15.6. The number of carbonyl (C=O) groups is 1. The van der Waals surface area contributed by atoms with Crippen molar-refractivity contribution in [3.8, 4) is 0 Å². The minimum Gasteiger partial charge on any atom is -0.394 e. The van der Waals surface area contributed by atoms with Crippen molar-refractivity contribution in [1.82, 2.24) is 15.1 Å². The Labute approximate surface area is 141 Å². The largest absolute Gasteiger partial charge is 0.394 e. The molecule has 0 aromatic rings. The number of aliphatic hydroxyl groups excluding tert-OH is 1. The maximum Gasteiger partial charge on any atom is 0.319 e. The number of carbonyl (C=O) groups excluding carboxylic acids is 1. The number of hydrogen-bond acceptors (Lipinski definition) is 3. The number of rotatable bonds is 3. The van der Waals surface area contributed by atoms with Crippen molar-refractivity contribution in [2.75, 3.05) is 33.8 Å². The number of piperidine rings is 1. The van der Waals surface area contributed by atoms with Crippen molar-refractivity contribution >= 4 is 6.03 Å². The average Bonchev–Trinajstić information content (AvgIpc) is 2.45. The van der Waals surface area contributed by atoms with Crippen molar-refractivity contribution in [3.05, 3.63) is 0 Å². The first-order chi connectivity index (χ1) is 10.7. The van der Waals surface area contributed by atoms with Crippen LogP contribution >= 0.6 is 0 Å². The van der Waals surface area contributed by atoms with E-state index in [0.717, 1.165) is 38.8 Å². The predicted octanol–water partition coefficient (Wildman–Crippen LogP) is 2.30. The van der Waals surface area contributed by atoms with Crippen molar-refractivity contribution in [2.24, 2.45) is 11.3 Å². The highest BCUT2D eigenvalue weighted by molar-refractivity contribution is 5.73. The summed E-state index contributed by atoms with van der Waals surface area (Å²) < 4.78 is 0. The second-order valence-corrected chi connectivity index (χ2v) is 8.88. The highest BCUT2D eigenvalue weighted by Gasteiger charge is 2.43. The summed E-state index contributed by atoms with van der Waals surface area (Å²) in [6.07, 6.45) is 5.24. The third-order valence-corrected chi connectivity index (χ3v) is 5.42. The van der Waals surface area contributed by atoms with Crippen LogP contribution in [0.4, 0.5) is 4.79 Å². The Kier molecular flexibility index (Phi) is 5.62. The molecule has 23 heavy (non-hydrogen) atoms. The maximum absolute atomic E-state index is 12.0. The van der Waals surface area contributed by atoms with E-state index in [1.165, 1.54) is 6.42 Å². The van der Waals surface area contributed by atoms with Crippen molar-refractivity contribution in [3.63, 3.8) is 0 Å². The van der Waals surface area contributed by atoms with Gasteiger partial charge >= 0.3 is 6.03 Å². The Hall–Kier alpha value is -0.810. The molecule has 0 aromatic heterocycles. The molecule has 0 bridgehead atoms. The molecule has 1 saturated heterocycles. The first kappa shape index (κ1) is 18.5. The lowest BCUT2D eigenvalue weighted by molar-refractivity contribution is 0.0225. The molecule has 1 heterocycles. The average molecular weight is 325 g/mol. The smallest absolute Gasteiger partial charge is 0.319 e. The number of hydrogen-bond donors (Lipinski definition) is 2. The number of nitrogens with zero attached hydrogens (tertiary/aromatic N) is 2. The van der Waals surface area contributed by atoms with Crippen LogP contribution in [-0.2, 0) is 0 Å². The Morgan fingerprint density at radius 3 is 2.35 bits per heavy atom. The highest BCUT2D eigenvalue weighted by Crippen LogP contribution is 2.44. The van der Waals surface area contributed by atoms with Gasteiger partial charge in [0.15, 0.2) is 0 Å². The highest BCUT2D eigenvalue weighted by atomic mass is 16.3. The van der Waals surface area contributed by atoms with Crippen LogP contribution in [-0.4, -0.2) is 66.3 Å². The molecular formula is C18H35N3O2. The van der Waals surface area contributed by atoms with Crippen LogP contribution in [0.2, 0.25) is 0 Å². The van der Waals surface area contributed by atoms with Crippen molar-refractivity contribution < 1.29 is 9.90 Å². The van der Waals surface area contributed by atoms with E-state index in [9.17, 15) is 9.90 Å². The van der Waals surface area contributed by atoms with Crippen molar-refractivity contribution in [2.45, 2.75) is 64.5 Å². The molecule has 1 aliphatic carbocycles. The second kappa shape index (κ2) is 6.98. The van der Waals surface area contributed by atoms with E-state index in [0.29, 0.717) is 12.0 Å². The van der Waals surface area contributed by atoms with E-state index in [-0.39, 0.29) is 23.6 Å². The lowest BCUT2D eigenvalue weighted by Gasteiger charge is -2.49. The molecule has 5 nitrogen and oxygen atoms in total. The number of aliphatic hydroxyl groups is 1. The van der Waals surface area contributed by atoms with Crippen LogP contribution in [0.3, 0.4) is 0 Å². The van der Waals surface area contributed by atoms with Crippen LogP contribution < -0.4 is 5.32 Å². The minimum absolute atomic E-state index is 0.104. The molecule has 134 valence electrons.